The van der Waals surface area contributed by atoms with Crippen LogP contribution >= 0.6 is 0 Å². The van der Waals surface area contributed by atoms with Crippen molar-refractivity contribution in [2.75, 3.05) is 6.61 Å². The summed E-state index contributed by atoms with van der Waals surface area (Å²) < 4.78 is 11.3. The first kappa shape index (κ1) is 19.7. The minimum Gasteiger partial charge on any atom is -0.489 e. The number of ether oxygens (including phenoxy) is 2. The highest BCUT2D eigenvalue weighted by molar-refractivity contribution is 6.03. The topological polar surface area (TPSA) is 59.9 Å². The number of amides is 1. The van der Waals surface area contributed by atoms with E-state index in [0.717, 1.165) is 41.9 Å². The van der Waals surface area contributed by atoms with Crippen molar-refractivity contribution in [1.82, 2.24) is 5.43 Å². The Balaban J connectivity index is 1.25. The van der Waals surface area contributed by atoms with E-state index >= 15 is 0 Å². The number of aryl methyl sites for hydroxylation is 1. The van der Waals surface area contributed by atoms with Gasteiger partial charge in [-0.1, -0.05) is 54.6 Å². The quantitative estimate of drug-likeness (QED) is 0.594. The number of carbonyl (C=O) groups is 1. The average molecular weight is 400 g/mol. The summed E-state index contributed by atoms with van der Waals surface area (Å²) in [5.74, 6) is 1.07. The molecule has 0 saturated heterocycles. The van der Waals surface area contributed by atoms with Crippen molar-refractivity contribution in [2.24, 2.45) is 5.10 Å². The molecule has 5 heteroatoms. The molecule has 1 aliphatic carbocycles. The number of fused-ring (bicyclic) bond motifs is 1. The largest absolute Gasteiger partial charge is 0.489 e. The predicted octanol–water partition coefficient (Wildman–Crippen LogP) is 4.50. The molecule has 1 aliphatic rings. The molecule has 1 N–H and O–H groups in total. The summed E-state index contributed by atoms with van der Waals surface area (Å²) in [6.07, 6.45) is 2.96. The maximum absolute atomic E-state index is 12.1. The van der Waals surface area contributed by atoms with Crippen LogP contribution in [0.15, 0.2) is 84.0 Å². The molecule has 4 rings (SSSR count). The molecule has 0 unspecified atom stereocenters. The number of benzene rings is 3. The summed E-state index contributed by atoms with van der Waals surface area (Å²) in [6.45, 7) is 0.412. The van der Waals surface area contributed by atoms with Crippen LogP contribution in [0.5, 0.6) is 11.5 Å². The normalized spacial score (nSPS) is 14.1. The first-order valence-electron chi connectivity index (χ1n) is 10.1. The maximum atomic E-state index is 12.1. The number of hydrogen-bond donors (Lipinski definition) is 1. The van der Waals surface area contributed by atoms with Gasteiger partial charge in [0.2, 0.25) is 0 Å². The fraction of sp³-hybridized carbons (Fsp3) is 0.200. The molecular formula is C25H24N2O3. The van der Waals surface area contributed by atoms with E-state index in [2.05, 4.69) is 22.7 Å². The van der Waals surface area contributed by atoms with Gasteiger partial charge in [0.05, 0.1) is 5.71 Å². The van der Waals surface area contributed by atoms with Crippen molar-refractivity contribution in [1.29, 1.82) is 0 Å². The molecular weight excluding hydrogens is 376 g/mol. The third-order valence-electron chi connectivity index (χ3n) is 4.95. The highest BCUT2D eigenvalue weighted by Gasteiger charge is 2.15. The Morgan fingerprint density at radius 1 is 0.833 bits per heavy atom. The van der Waals surface area contributed by atoms with Gasteiger partial charge in [-0.15, -0.1) is 0 Å². The van der Waals surface area contributed by atoms with Gasteiger partial charge in [0, 0.05) is 5.56 Å². The Morgan fingerprint density at radius 3 is 2.33 bits per heavy atom. The summed E-state index contributed by atoms with van der Waals surface area (Å²) in [5, 5.41) is 4.32. The fourth-order valence-electron chi connectivity index (χ4n) is 3.40. The third-order valence-corrected chi connectivity index (χ3v) is 4.95. The van der Waals surface area contributed by atoms with Crippen LogP contribution in [-0.2, 0) is 17.8 Å². The monoisotopic (exact) mass is 400 g/mol. The average Bonchev–Trinajstić information content (AvgIpc) is 2.81. The van der Waals surface area contributed by atoms with E-state index < -0.39 is 0 Å². The molecule has 0 radical (unpaired) electrons. The van der Waals surface area contributed by atoms with E-state index in [1.807, 2.05) is 54.6 Å². The molecule has 3 aromatic rings. The van der Waals surface area contributed by atoms with Crippen LogP contribution in [0.25, 0.3) is 0 Å². The van der Waals surface area contributed by atoms with Gasteiger partial charge in [0.15, 0.2) is 6.61 Å². The van der Waals surface area contributed by atoms with Gasteiger partial charge in [-0.2, -0.15) is 5.10 Å². The standard InChI is InChI=1S/C25H24N2O3/c28-25(27-26-24-12-6-10-20-9-4-5-11-23(20)24)18-30-22-15-13-21(14-16-22)29-17-19-7-2-1-3-8-19/h1-5,7-9,11,13-16H,6,10,12,17-18H2,(H,27,28)/b26-24+. The van der Waals surface area contributed by atoms with Crippen molar-refractivity contribution < 1.29 is 14.3 Å². The number of hydrogen-bond acceptors (Lipinski definition) is 4. The zero-order valence-corrected chi connectivity index (χ0v) is 16.7. The van der Waals surface area contributed by atoms with Crippen LogP contribution in [-0.4, -0.2) is 18.2 Å². The molecule has 0 aromatic heterocycles. The molecule has 152 valence electrons. The van der Waals surface area contributed by atoms with E-state index in [9.17, 15) is 4.79 Å². The first-order chi connectivity index (χ1) is 14.8. The lowest BCUT2D eigenvalue weighted by molar-refractivity contribution is -0.123. The fourth-order valence-corrected chi connectivity index (χ4v) is 3.40. The summed E-state index contributed by atoms with van der Waals surface area (Å²) in [6, 6.07) is 25.4. The number of carbonyl (C=O) groups excluding carboxylic acids is 1. The Hall–Kier alpha value is -3.60. The number of nitrogens with zero attached hydrogens (tertiary/aromatic N) is 1. The Kier molecular flexibility index (Phi) is 6.40. The summed E-state index contributed by atoms with van der Waals surface area (Å²) in [5.41, 5.74) is 7.04. The molecule has 3 aromatic carbocycles. The molecule has 0 heterocycles. The second kappa shape index (κ2) is 9.74. The van der Waals surface area contributed by atoms with Crippen molar-refractivity contribution in [2.45, 2.75) is 25.9 Å². The van der Waals surface area contributed by atoms with E-state index in [-0.39, 0.29) is 12.5 Å². The van der Waals surface area contributed by atoms with Gasteiger partial charge in [0.1, 0.15) is 18.1 Å². The lowest BCUT2D eigenvalue weighted by Gasteiger charge is -2.17. The predicted molar refractivity (Wildman–Crippen MR) is 117 cm³/mol. The van der Waals surface area contributed by atoms with Gasteiger partial charge in [-0.3, -0.25) is 4.79 Å². The second-order valence-electron chi connectivity index (χ2n) is 7.14. The smallest absolute Gasteiger partial charge is 0.277 e. The SMILES string of the molecule is O=C(COc1ccc(OCc2ccccc2)cc1)N/N=C1\CCCc2ccccc21. The molecule has 0 atom stereocenters. The van der Waals surface area contributed by atoms with E-state index in [1.54, 1.807) is 12.1 Å². The van der Waals surface area contributed by atoms with E-state index in [4.69, 9.17) is 9.47 Å². The molecule has 30 heavy (non-hydrogen) atoms. The number of nitrogens with one attached hydrogen (secondary N) is 1. The van der Waals surface area contributed by atoms with Crippen molar-refractivity contribution in [3.05, 3.63) is 95.6 Å². The van der Waals surface area contributed by atoms with E-state index in [1.165, 1.54) is 5.56 Å². The molecule has 5 nitrogen and oxygen atoms in total. The van der Waals surface area contributed by atoms with Gasteiger partial charge in [-0.25, -0.2) is 5.43 Å². The van der Waals surface area contributed by atoms with Crippen molar-refractivity contribution in [3.63, 3.8) is 0 Å². The van der Waals surface area contributed by atoms with Crippen LogP contribution in [0.2, 0.25) is 0 Å². The highest BCUT2D eigenvalue weighted by Crippen LogP contribution is 2.21. The first-order valence-corrected chi connectivity index (χ1v) is 10.1. The van der Waals surface area contributed by atoms with Crippen LogP contribution in [0.1, 0.15) is 29.5 Å². The Bertz CT molecular complexity index is 1010. The van der Waals surface area contributed by atoms with Gasteiger partial charge in [-0.05, 0) is 54.7 Å². The van der Waals surface area contributed by atoms with E-state index in [0.29, 0.717) is 12.4 Å². The summed E-state index contributed by atoms with van der Waals surface area (Å²) >= 11 is 0. The molecule has 0 saturated carbocycles. The van der Waals surface area contributed by atoms with Gasteiger partial charge >= 0.3 is 0 Å². The third kappa shape index (κ3) is 5.26. The van der Waals surface area contributed by atoms with Crippen molar-refractivity contribution in [3.8, 4) is 11.5 Å². The Morgan fingerprint density at radius 2 is 1.53 bits per heavy atom. The summed E-state index contributed by atoms with van der Waals surface area (Å²) in [7, 11) is 0. The zero-order valence-electron chi connectivity index (χ0n) is 16.7. The molecule has 0 aliphatic heterocycles. The lowest BCUT2D eigenvalue weighted by atomic mass is 9.90. The van der Waals surface area contributed by atoms with Crippen LogP contribution < -0.4 is 14.9 Å². The zero-order chi connectivity index (χ0) is 20.6. The molecule has 0 fully saturated rings. The molecule has 0 spiro atoms. The van der Waals surface area contributed by atoms with Crippen LogP contribution in [0.3, 0.4) is 0 Å². The number of hydrazone groups is 1. The molecule has 0 bridgehead atoms. The minimum atomic E-state index is -0.282. The summed E-state index contributed by atoms with van der Waals surface area (Å²) in [4.78, 5) is 12.1. The van der Waals surface area contributed by atoms with Gasteiger partial charge < -0.3 is 9.47 Å². The minimum absolute atomic E-state index is 0.0946. The lowest BCUT2D eigenvalue weighted by Crippen LogP contribution is -2.26. The highest BCUT2D eigenvalue weighted by atomic mass is 16.5. The van der Waals surface area contributed by atoms with Crippen LogP contribution in [0, 0.1) is 0 Å². The van der Waals surface area contributed by atoms with Gasteiger partial charge in [0.25, 0.3) is 5.91 Å². The Labute approximate surface area is 176 Å². The van der Waals surface area contributed by atoms with Crippen molar-refractivity contribution >= 4 is 11.6 Å². The second-order valence-corrected chi connectivity index (χ2v) is 7.14. The van der Waals surface area contributed by atoms with Crippen LogP contribution in [0.4, 0.5) is 0 Å². The molecule has 1 amide bonds. The maximum Gasteiger partial charge on any atom is 0.277 e. The number of rotatable bonds is 7.